The Labute approximate surface area is 98.2 Å². The summed E-state index contributed by atoms with van der Waals surface area (Å²) in [5.74, 6) is 1.19. The van der Waals surface area contributed by atoms with Gasteiger partial charge in [0.2, 0.25) is 0 Å². The van der Waals surface area contributed by atoms with E-state index in [1.807, 2.05) is 12.1 Å². The lowest BCUT2D eigenvalue weighted by Crippen LogP contribution is -2.16. The molecule has 0 aliphatic heterocycles. The summed E-state index contributed by atoms with van der Waals surface area (Å²) in [7, 11) is 0. The van der Waals surface area contributed by atoms with Gasteiger partial charge in [-0.2, -0.15) is 0 Å². The van der Waals surface area contributed by atoms with Crippen LogP contribution in [0.5, 0.6) is 0 Å². The van der Waals surface area contributed by atoms with Crippen molar-refractivity contribution in [3.8, 4) is 0 Å². The molecular weight excluding hydrogens is 257 g/mol. The zero-order valence-corrected chi connectivity index (χ0v) is 10.3. The molecule has 2 rings (SSSR count). The van der Waals surface area contributed by atoms with Gasteiger partial charge >= 0.3 is 0 Å². The summed E-state index contributed by atoms with van der Waals surface area (Å²) in [6.07, 6.45) is 1.23. The van der Waals surface area contributed by atoms with Crippen LogP contribution in [-0.2, 0) is 0 Å². The van der Waals surface area contributed by atoms with E-state index in [0.717, 1.165) is 19.0 Å². The Morgan fingerprint density at radius 2 is 2.33 bits per heavy atom. The van der Waals surface area contributed by atoms with E-state index in [2.05, 4.69) is 28.2 Å². The minimum atomic E-state index is -0.178. The predicted octanol–water partition coefficient (Wildman–Crippen LogP) is 3.30. The second kappa shape index (κ2) is 4.62. The Morgan fingerprint density at radius 1 is 1.53 bits per heavy atom. The van der Waals surface area contributed by atoms with Crippen LogP contribution in [0.2, 0.25) is 0 Å². The molecule has 82 valence electrons. The fourth-order valence-electron chi connectivity index (χ4n) is 1.95. The summed E-state index contributed by atoms with van der Waals surface area (Å²) < 4.78 is 13.6. The average molecular weight is 272 g/mol. The maximum Gasteiger partial charge on any atom is 0.137 e. The summed E-state index contributed by atoms with van der Waals surface area (Å²) in [4.78, 5) is 0. The summed E-state index contributed by atoms with van der Waals surface area (Å²) in [5, 5.41) is 3.35. The van der Waals surface area contributed by atoms with Gasteiger partial charge in [-0.25, -0.2) is 4.39 Å². The first-order valence-corrected chi connectivity index (χ1v) is 6.17. The fourth-order valence-corrected chi connectivity index (χ4v) is 2.35. The summed E-state index contributed by atoms with van der Waals surface area (Å²) >= 11 is 3.22. The van der Waals surface area contributed by atoms with E-state index in [-0.39, 0.29) is 5.82 Å². The first-order chi connectivity index (χ1) is 7.22. The van der Waals surface area contributed by atoms with Crippen molar-refractivity contribution in [2.24, 2.45) is 5.92 Å². The second-order valence-electron chi connectivity index (χ2n) is 4.08. The van der Waals surface area contributed by atoms with Gasteiger partial charge in [0.25, 0.3) is 0 Å². The molecule has 3 heteroatoms. The predicted molar refractivity (Wildman–Crippen MR) is 63.5 cm³/mol. The molecule has 2 unspecified atom stereocenters. The number of nitrogens with one attached hydrogen (secondary N) is 1. The van der Waals surface area contributed by atoms with Gasteiger partial charge in [0, 0.05) is 0 Å². The molecule has 1 aromatic carbocycles. The number of rotatable bonds is 4. The quantitative estimate of drug-likeness (QED) is 0.886. The molecule has 1 fully saturated rings. The third-order valence-electron chi connectivity index (χ3n) is 2.95. The standard InChI is InChI=1S/C12H15BrFN/c1-2-15-7-9-5-10(9)8-3-4-12(14)11(13)6-8/h3-4,6,9-10,15H,2,5,7H2,1H3. The van der Waals surface area contributed by atoms with Crippen LogP contribution >= 0.6 is 15.9 Å². The van der Waals surface area contributed by atoms with Crippen LogP contribution in [0.4, 0.5) is 4.39 Å². The highest BCUT2D eigenvalue weighted by Crippen LogP contribution is 2.47. The van der Waals surface area contributed by atoms with Crippen molar-refractivity contribution in [1.82, 2.24) is 5.32 Å². The minimum Gasteiger partial charge on any atom is -0.317 e. The molecular formula is C12H15BrFN. The lowest BCUT2D eigenvalue weighted by atomic mass is 10.1. The summed E-state index contributed by atoms with van der Waals surface area (Å²) in [5.41, 5.74) is 1.26. The molecule has 0 aromatic heterocycles. The first-order valence-electron chi connectivity index (χ1n) is 5.38. The highest BCUT2D eigenvalue weighted by molar-refractivity contribution is 9.10. The van der Waals surface area contributed by atoms with Crippen LogP contribution < -0.4 is 5.32 Å². The molecule has 1 N–H and O–H groups in total. The van der Waals surface area contributed by atoms with Gasteiger partial charge in [0.15, 0.2) is 0 Å². The third-order valence-corrected chi connectivity index (χ3v) is 3.56. The highest BCUT2D eigenvalue weighted by atomic mass is 79.9. The van der Waals surface area contributed by atoms with Gasteiger partial charge in [-0.3, -0.25) is 0 Å². The average Bonchev–Trinajstić information content (AvgIpc) is 2.98. The van der Waals surface area contributed by atoms with Crippen molar-refractivity contribution in [2.75, 3.05) is 13.1 Å². The van der Waals surface area contributed by atoms with Crippen LogP contribution in [-0.4, -0.2) is 13.1 Å². The molecule has 1 nitrogen and oxygen atoms in total. The summed E-state index contributed by atoms with van der Waals surface area (Å²) in [6.45, 7) is 4.22. The maximum absolute atomic E-state index is 13.0. The number of halogens is 2. The number of hydrogen-bond donors (Lipinski definition) is 1. The van der Waals surface area contributed by atoms with Gasteiger partial charge in [0.05, 0.1) is 4.47 Å². The fraction of sp³-hybridized carbons (Fsp3) is 0.500. The van der Waals surface area contributed by atoms with E-state index in [9.17, 15) is 4.39 Å². The van der Waals surface area contributed by atoms with E-state index in [4.69, 9.17) is 0 Å². The van der Waals surface area contributed by atoms with Gasteiger partial charge in [0.1, 0.15) is 5.82 Å². The summed E-state index contributed by atoms with van der Waals surface area (Å²) in [6, 6.07) is 5.35. The molecule has 0 heterocycles. The maximum atomic E-state index is 13.0. The van der Waals surface area contributed by atoms with E-state index in [1.165, 1.54) is 12.0 Å². The largest absolute Gasteiger partial charge is 0.317 e. The molecule has 0 saturated heterocycles. The van der Waals surface area contributed by atoms with Crippen molar-refractivity contribution in [3.63, 3.8) is 0 Å². The van der Waals surface area contributed by atoms with Crippen molar-refractivity contribution in [1.29, 1.82) is 0 Å². The van der Waals surface area contributed by atoms with Crippen LogP contribution in [0, 0.1) is 11.7 Å². The normalized spacial score (nSPS) is 24.2. The number of benzene rings is 1. The highest BCUT2D eigenvalue weighted by Gasteiger charge is 2.37. The number of hydrogen-bond acceptors (Lipinski definition) is 1. The van der Waals surface area contributed by atoms with Crippen LogP contribution in [0.3, 0.4) is 0 Å². The molecule has 1 aliphatic rings. The minimum absolute atomic E-state index is 0.178. The smallest absolute Gasteiger partial charge is 0.137 e. The Hall–Kier alpha value is -0.410. The molecule has 1 saturated carbocycles. The SMILES string of the molecule is CCNCC1CC1c1ccc(F)c(Br)c1. The Morgan fingerprint density at radius 3 is 3.00 bits per heavy atom. The van der Waals surface area contributed by atoms with Crippen molar-refractivity contribution >= 4 is 15.9 Å². The Balaban J connectivity index is 1.98. The zero-order valence-electron chi connectivity index (χ0n) is 8.76. The van der Waals surface area contributed by atoms with Gasteiger partial charge in [-0.05, 0) is 65.0 Å². The molecule has 1 aromatic rings. The second-order valence-corrected chi connectivity index (χ2v) is 4.94. The monoisotopic (exact) mass is 271 g/mol. The third kappa shape index (κ3) is 2.58. The van der Waals surface area contributed by atoms with E-state index >= 15 is 0 Å². The molecule has 0 amide bonds. The van der Waals surface area contributed by atoms with Crippen LogP contribution in [0.25, 0.3) is 0 Å². The molecule has 0 spiro atoms. The van der Waals surface area contributed by atoms with Gasteiger partial charge in [-0.15, -0.1) is 0 Å². The van der Waals surface area contributed by atoms with Crippen molar-refractivity contribution in [3.05, 3.63) is 34.1 Å². The van der Waals surface area contributed by atoms with Gasteiger partial charge in [-0.1, -0.05) is 13.0 Å². The van der Waals surface area contributed by atoms with E-state index in [1.54, 1.807) is 6.07 Å². The van der Waals surface area contributed by atoms with Gasteiger partial charge < -0.3 is 5.32 Å². The Bertz CT molecular complexity index is 353. The van der Waals surface area contributed by atoms with E-state index in [0.29, 0.717) is 10.4 Å². The van der Waals surface area contributed by atoms with Crippen molar-refractivity contribution in [2.45, 2.75) is 19.3 Å². The molecule has 0 radical (unpaired) electrons. The molecule has 15 heavy (non-hydrogen) atoms. The Kier molecular flexibility index (Phi) is 3.42. The topological polar surface area (TPSA) is 12.0 Å². The van der Waals surface area contributed by atoms with Crippen molar-refractivity contribution < 1.29 is 4.39 Å². The van der Waals surface area contributed by atoms with Crippen LogP contribution in [0.15, 0.2) is 22.7 Å². The van der Waals surface area contributed by atoms with Crippen LogP contribution in [0.1, 0.15) is 24.8 Å². The molecule has 2 atom stereocenters. The lowest BCUT2D eigenvalue weighted by Gasteiger charge is -2.03. The van der Waals surface area contributed by atoms with E-state index < -0.39 is 0 Å². The molecule has 1 aliphatic carbocycles. The molecule has 0 bridgehead atoms. The first kappa shape index (κ1) is 11.1. The zero-order chi connectivity index (χ0) is 10.8. The lowest BCUT2D eigenvalue weighted by molar-refractivity contribution is 0.619.